The third-order valence-electron chi connectivity index (χ3n) is 3.65. The van der Waals surface area contributed by atoms with Crippen LogP contribution >= 0.6 is 12.4 Å². The summed E-state index contributed by atoms with van der Waals surface area (Å²) in [7, 11) is 3.36. The van der Waals surface area contributed by atoms with Crippen LogP contribution in [0.3, 0.4) is 0 Å². The van der Waals surface area contributed by atoms with E-state index >= 15 is 0 Å². The molecule has 6 heteroatoms. The standard InChI is InChI=1S/C13H26N2O3.ClH/c1-17-10-6-13(4-3-5-13)12(16)15-8-7-14-9-11-18-2;/h14H,3-11H2,1-2H3,(H,15,16);1H. The molecule has 0 aromatic carbocycles. The SMILES string of the molecule is COCCNCCNC(=O)C1(CCOC)CCC1.Cl. The second-order valence-electron chi connectivity index (χ2n) is 4.88. The minimum Gasteiger partial charge on any atom is -0.385 e. The number of nitrogens with one attached hydrogen (secondary N) is 2. The average molecular weight is 295 g/mol. The molecule has 1 saturated carbocycles. The fourth-order valence-electron chi connectivity index (χ4n) is 2.24. The maximum Gasteiger partial charge on any atom is 0.226 e. The highest BCUT2D eigenvalue weighted by atomic mass is 35.5. The van der Waals surface area contributed by atoms with Crippen LogP contribution in [0.15, 0.2) is 0 Å². The van der Waals surface area contributed by atoms with E-state index in [-0.39, 0.29) is 23.7 Å². The molecule has 0 unspecified atom stereocenters. The van der Waals surface area contributed by atoms with Crippen LogP contribution in [0.2, 0.25) is 0 Å². The van der Waals surface area contributed by atoms with Gasteiger partial charge in [0.2, 0.25) is 5.91 Å². The molecule has 0 radical (unpaired) electrons. The third-order valence-corrected chi connectivity index (χ3v) is 3.65. The number of methoxy groups -OCH3 is 2. The van der Waals surface area contributed by atoms with Crippen LogP contribution in [0.25, 0.3) is 0 Å². The van der Waals surface area contributed by atoms with Crippen molar-refractivity contribution in [3.63, 3.8) is 0 Å². The van der Waals surface area contributed by atoms with Crippen LogP contribution in [0.4, 0.5) is 0 Å². The minimum atomic E-state index is -0.150. The molecule has 19 heavy (non-hydrogen) atoms. The zero-order chi connectivity index (χ0) is 13.3. The summed E-state index contributed by atoms with van der Waals surface area (Å²) in [6.07, 6.45) is 3.99. The first-order chi connectivity index (χ1) is 8.75. The summed E-state index contributed by atoms with van der Waals surface area (Å²) in [5.74, 6) is 0.194. The normalized spacial score (nSPS) is 16.3. The molecule has 1 amide bonds. The third kappa shape index (κ3) is 6.08. The summed E-state index contributed by atoms with van der Waals surface area (Å²) in [5, 5.41) is 6.22. The number of rotatable bonds is 10. The van der Waals surface area contributed by atoms with Crippen LogP contribution in [-0.4, -0.2) is 53.0 Å². The van der Waals surface area contributed by atoms with Crippen molar-refractivity contribution in [3.05, 3.63) is 0 Å². The van der Waals surface area contributed by atoms with Crippen molar-refractivity contribution >= 4 is 18.3 Å². The summed E-state index contributed by atoms with van der Waals surface area (Å²) in [6.45, 7) is 3.65. The molecule has 0 bridgehead atoms. The van der Waals surface area contributed by atoms with E-state index < -0.39 is 0 Å². The topological polar surface area (TPSA) is 59.6 Å². The van der Waals surface area contributed by atoms with Crippen molar-refractivity contribution in [3.8, 4) is 0 Å². The lowest BCUT2D eigenvalue weighted by Crippen LogP contribution is -2.47. The van der Waals surface area contributed by atoms with Crippen LogP contribution in [0, 0.1) is 5.41 Å². The Morgan fingerprint density at radius 2 is 1.79 bits per heavy atom. The number of amides is 1. The predicted octanol–water partition coefficient (Wildman–Crippen LogP) is 0.967. The van der Waals surface area contributed by atoms with E-state index in [0.29, 0.717) is 19.8 Å². The van der Waals surface area contributed by atoms with Gasteiger partial charge in [-0.15, -0.1) is 12.4 Å². The molecular formula is C13H27ClN2O3. The number of carbonyl (C=O) groups is 1. The largest absolute Gasteiger partial charge is 0.385 e. The molecule has 1 rings (SSSR count). The van der Waals surface area contributed by atoms with Gasteiger partial charge < -0.3 is 20.1 Å². The molecule has 2 N–H and O–H groups in total. The molecule has 0 atom stereocenters. The molecule has 0 saturated heterocycles. The Kier molecular flexibility index (Phi) is 10.2. The fraction of sp³-hybridized carbons (Fsp3) is 0.923. The number of carbonyl (C=O) groups excluding carboxylic acids is 1. The molecule has 1 fully saturated rings. The van der Waals surface area contributed by atoms with Gasteiger partial charge in [-0.3, -0.25) is 4.79 Å². The fourth-order valence-corrected chi connectivity index (χ4v) is 2.24. The molecule has 0 aliphatic heterocycles. The van der Waals surface area contributed by atoms with E-state index in [1.54, 1.807) is 14.2 Å². The average Bonchev–Trinajstić information content (AvgIpc) is 2.32. The van der Waals surface area contributed by atoms with E-state index in [1.165, 1.54) is 0 Å². The molecule has 0 aromatic rings. The molecule has 5 nitrogen and oxygen atoms in total. The summed E-state index contributed by atoms with van der Waals surface area (Å²) in [6, 6.07) is 0. The van der Waals surface area contributed by atoms with Crippen molar-refractivity contribution < 1.29 is 14.3 Å². The zero-order valence-electron chi connectivity index (χ0n) is 12.0. The van der Waals surface area contributed by atoms with Crippen molar-refractivity contribution in [2.24, 2.45) is 5.41 Å². The number of ether oxygens (including phenoxy) is 2. The van der Waals surface area contributed by atoms with Crippen LogP contribution < -0.4 is 10.6 Å². The second-order valence-corrected chi connectivity index (χ2v) is 4.88. The lowest BCUT2D eigenvalue weighted by Gasteiger charge is -2.40. The highest BCUT2D eigenvalue weighted by Gasteiger charge is 2.43. The van der Waals surface area contributed by atoms with Gasteiger partial charge in [-0.1, -0.05) is 6.42 Å². The smallest absolute Gasteiger partial charge is 0.226 e. The van der Waals surface area contributed by atoms with Crippen LogP contribution in [-0.2, 0) is 14.3 Å². The second kappa shape index (κ2) is 10.4. The minimum absolute atomic E-state index is 0. The van der Waals surface area contributed by atoms with Gasteiger partial charge in [0.15, 0.2) is 0 Å². The molecule has 0 heterocycles. The summed E-state index contributed by atoms with van der Waals surface area (Å²) in [4.78, 5) is 12.1. The number of hydrogen-bond acceptors (Lipinski definition) is 4. The first kappa shape index (κ1) is 18.6. The highest BCUT2D eigenvalue weighted by Crippen LogP contribution is 2.44. The molecule has 114 valence electrons. The van der Waals surface area contributed by atoms with Gasteiger partial charge in [-0.25, -0.2) is 0 Å². The van der Waals surface area contributed by atoms with Crippen molar-refractivity contribution in [1.29, 1.82) is 0 Å². The summed E-state index contributed by atoms with van der Waals surface area (Å²) in [5.41, 5.74) is -0.150. The van der Waals surface area contributed by atoms with E-state index in [1.807, 2.05) is 0 Å². The highest BCUT2D eigenvalue weighted by molar-refractivity contribution is 5.85. The van der Waals surface area contributed by atoms with Crippen molar-refractivity contribution in [2.75, 3.05) is 47.1 Å². The number of hydrogen-bond donors (Lipinski definition) is 2. The van der Waals surface area contributed by atoms with Crippen molar-refractivity contribution in [2.45, 2.75) is 25.7 Å². The maximum absolute atomic E-state index is 12.1. The Hall–Kier alpha value is -0.360. The summed E-state index contributed by atoms with van der Waals surface area (Å²) >= 11 is 0. The van der Waals surface area contributed by atoms with E-state index in [2.05, 4.69) is 10.6 Å². The quantitative estimate of drug-likeness (QED) is 0.590. The monoisotopic (exact) mass is 294 g/mol. The first-order valence-electron chi connectivity index (χ1n) is 6.72. The Balaban J connectivity index is 0.00000324. The lowest BCUT2D eigenvalue weighted by molar-refractivity contribution is -0.137. The summed E-state index contributed by atoms with van der Waals surface area (Å²) < 4.78 is 10.0. The predicted molar refractivity (Wildman–Crippen MR) is 77.8 cm³/mol. The molecular weight excluding hydrogens is 268 g/mol. The van der Waals surface area contributed by atoms with Gasteiger partial charge in [-0.05, 0) is 19.3 Å². The van der Waals surface area contributed by atoms with Crippen molar-refractivity contribution in [1.82, 2.24) is 10.6 Å². The molecule has 1 aliphatic carbocycles. The molecule has 0 spiro atoms. The maximum atomic E-state index is 12.1. The van der Waals surface area contributed by atoms with E-state index in [0.717, 1.165) is 38.8 Å². The van der Waals surface area contributed by atoms with Crippen LogP contribution in [0.5, 0.6) is 0 Å². The Labute approximate surface area is 122 Å². The van der Waals surface area contributed by atoms with Gasteiger partial charge in [-0.2, -0.15) is 0 Å². The Bertz CT molecular complexity index is 248. The van der Waals surface area contributed by atoms with Gasteiger partial charge in [0.1, 0.15) is 0 Å². The van der Waals surface area contributed by atoms with E-state index in [9.17, 15) is 4.79 Å². The van der Waals surface area contributed by atoms with E-state index in [4.69, 9.17) is 9.47 Å². The zero-order valence-corrected chi connectivity index (χ0v) is 12.8. The Morgan fingerprint density at radius 1 is 1.11 bits per heavy atom. The van der Waals surface area contributed by atoms with Gasteiger partial charge in [0, 0.05) is 40.5 Å². The van der Waals surface area contributed by atoms with Gasteiger partial charge in [0.25, 0.3) is 0 Å². The number of halogens is 1. The Morgan fingerprint density at radius 3 is 2.32 bits per heavy atom. The lowest BCUT2D eigenvalue weighted by atomic mass is 9.66. The first-order valence-corrected chi connectivity index (χ1v) is 6.72. The van der Waals surface area contributed by atoms with Gasteiger partial charge in [0.05, 0.1) is 12.0 Å². The van der Waals surface area contributed by atoms with Crippen LogP contribution in [0.1, 0.15) is 25.7 Å². The molecule has 1 aliphatic rings. The van der Waals surface area contributed by atoms with Gasteiger partial charge >= 0.3 is 0 Å². The molecule has 0 aromatic heterocycles.